The van der Waals surface area contributed by atoms with Crippen molar-refractivity contribution in [3.05, 3.63) is 18.2 Å². The van der Waals surface area contributed by atoms with Crippen molar-refractivity contribution in [1.82, 2.24) is 0 Å². The highest BCUT2D eigenvalue weighted by molar-refractivity contribution is 6.74. The van der Waals surface area contributed by atoms with Crippen molar-refractivity contribution >= 4 is 25.6 Å². The van der Waals surface area contributed by atoms with Gasteiger partial charge in [-0.1, -0.05) is 20.8 Å². The molecule has 1 aliphatic heterocycles. The average Bonchev–Trinajstić information content (AvgIpc) is 2.36. The third-order valence-electron chi connectivity index (χ3n) is 4.82. The van der Waals surface area contributed by atoms with Gasteiger partial charge in [0.25, 0.3) is 8.32 Å². The van der Waals surface area contributed by atoms with Crippen LogP contribution in [0.25, 0.3) is 0 Å². The van der Waals surface area contributed by atoms with E-state index in [-0.39, 0.29) is 16.4 Å². The smallest absolute Gasteiger partial charge is 0.250 e. The van der Waals surface area contributed by atoms with Gasteiger partial charge in [-0.05, 0) is 50.2 Å². The van der Waals surface area contributed by atoms with Gasteiger partial charge in [-0.25, -0.2) is 0 Å². The normalized spacial score (nSPS) is 18.1. The SMILES string of the molecule is CC1(C)CN(c2cc(N)ccc2O[Si](C)(C)C(C)(C)C)C1=O. The molecular formula is C17H28N2O2Si. The predicted molar refractivity (Wildman–Crippen MR) is 94.8 cm³/mol. The van der Waals surface area contributed by atoms with Gasteiger partial charge in [0, 0.05) is 12.2 Å². The molecule has 2 rings (SSSR count). The summed E-state index contributed by atoms with van der Waals surface area (Å²) in [6.45, 7) is 15.6. The summed E-state index contributed by atoms with van der Waals surface area (Å²) in [4.78, 5) is 14.1. The van der Waals surface area contributed by atoms with Gasteiger partial charge in [0.1, 0.15) is 5.75 Å². The molecule has 1 saturated heterocycles. The molecule has 22 heavy (non-hydrogen) atoms. The average molecular weight is 321 g/mol. The first-order chi connectivity index (χ1) is 9.85. The fourth-order valence-electron chi connectivity index (χ4n) is 2.26. The number of nitrogens with zero attached hydrogens (tertiary/aromatic N) is 1. The Labute approximate surface area is 134 Å². The molecule has 1 amide bonds. The molecule has 1 fully saturated rings. The first-order valence-corrected chi connectivity index (χ1v) is 10.7. The van der Waals surface area contributed by atoms with Gasteiger partial charge < -0.3 is 15.1 Å². The summed E-state index contributed by atoms with van der Waals surface area (Å²) < 4.78 is 6.42. The maximum atomic E-state index is 12.4. The molecular weight excluding hydrogens is 292 g/mol. The van der Waals surface area contributed by atoms with E-state index >= 15 is 0 Å². The number of nitrogen functional groups attached to an aromatic ring is 1. The Morgan fingerprint density at radius 1 is 1.27 bits per heavy atom. The van der Waals surface area contributed by atoms with Crippen LogP contribution < -0.4 is 15.1 Å². The zero-order chi connectivity index (χ0) is 16.9. The number of benzene rings is 1. The lowest BCUT2D eigenvalue weighted by Gasteiger charge is -2.46. The quantitative estimate of drug-likeness (QED) is 0.520. The molecule has 0 aromatic heterocycles. The summed E-state index contributed by atoms with van der Waals surface area (Å²) in [6.07, 6.45) is 0. The number of nitrogens with two attached hydrogens (primary N) is 1. The van der Waals surface area contributed by atoms with Crippen molar-refractivity contribution in [1.29, 1.82) is 0 Å². The van der Waals surface area contributed by atoms with E-state index in [0.29, 0.717) is 12.2 Å². The molecule has 0 spiro atoms. The van der Waals surface area contributed by atoms with Gasteiger partial charge >= 0.3 is 0 Å². The number of rotatable bonds is 3. The van der Waals surface area contributed by atoms with Crippen LogP contribution in [-0.2, 0) is 4.79 Å². The topological polar surface area (TPSA) is 55.6 Å². The highest BCUT2D eigenvalue weighted by atomic mass is 28.4. The molecule has 1 aromatic rings. The second-order valence-corrected chi connectivity index (χ2v) is 13.1. The Kier molecular flexibility index (Phi) is 3.84. The molecule has 1 aromatic carbocycles. The number of carbonyl (C=O) groups excluding carboxylic acids is 1. The number of β-lactam (4-membered cyclic amide) rings is 1. The minimum atomic E-state index is -1.97. The third kappa shape index (κ3) is 2.86. The summed E-state index contributed by atoms with van der Waals surface area (Å²) in [7, 11) is -1.97. The number of amides is 1. The lowest BCUT2D eigenvalue weighted by molar-refractivity contribution is -0.132. The Bertz CT molecular complexity index is 603. The number of hydrogen-bond acceptors (Lipinski definition) is 3. The Morgan fingerprint density at radius 2 is 1.86 bits per heavy atom. The van der Waals surface area contributed by atoms with Gasteiger partial charge in [-0.3, -0.25) is 4.79 Å². The molecule has 122 valence electrons. The zero-order valence-corrected chi connectivity index (χ0v) is 15.8. The van der Waals surface area contributed by atoms with E-state index < -0.39 is 8.32 Å². The van der Waals surface area contributed by atoms with Crippen LogP contribution in [-0.4, -0.2) is 20.8 Å². The first-order valence-electron chi connectivity index (χ1n) is 7.76. The largest absolute Gasteiger partial charge is 0.542 e. The summed E-state index contributed by atoms with van der Waals surface area (Å²) in [6, 6.07) is 5.57. The maximum absolute atomic E-state index is 12.4. The van der Waals surface area contributed by atoms with E-state index in [1.165, 1.54) is 0 Å². The van der Waals surface area contributed by atoms with Crippen LogP contribution in [0.1, 0.15) is 34.6 Å². The van der Waals surface area contributed by atoms with E-state index in [0.717, 1.165) is 11.4 Å². The van der Waals surface area contributed by atoms with E-state index in [2.05, 4.69) is 33.9 Å². The van der Waals surface area contributed by atoms with E-state index in [1.807, 2.05) is 32.0 Å². The fraction of sp³-hybridized carbons (Fsp3) is 0.588. The molecule has 0 aliphatic carbocycles. The maximum Gasteiger partial charge on any atom is 0.250 e. The van der Waals surface area contributed by atoms with Crippen LogP contribution >= 0.6 is 0 Å². The van der Waals surface area contributed by atoms with Crippen molar-refractivity contribution in [3.8, 4) is 5.75 Å². The molecule has 1 aliphatic rings. The minimum absolute atomic E-state index is 0.101. The first kappa shape index (κ1) is 16.9. The number of carbonyl (C=O) groups is 1. The minimum Gasteiger partial charge on any atom is -0.542 e. The van der Waals surface area contributed by atoms with E-state index in [9.17, 15) is 4.79 Å². The fourth-order valence-corrected chi connectivity index (χ4v) is 3.29. The Hall–Kier alpha value is -1.49. The van der Waals surface area contributed by atoms with Crippen LogP contribution in [0, 0.1) is 5.41 Å². The van der Waals surface area contributed by atoms with Gasteiger partial charge in [0.2, 0.25) is 5.91 Å². The standard InChI is InChI=1S/C17H28N2O2Si/c1-16(2,3)22(6,7)21-14-9-8-12(18)10-13(14)19-11-17(4,5)15(19)20/h8-10H,11,18H2,1-7H3. The zero-order valence-electron chi connectivity index (χ0n) is 14.8. The lowest BCUT2D eigenvalue weighted by Crippen LogP contribution is -2.59. The van der Waals surface area contributed by atoms with E-state index in [4.69, 9.17) is 10.2 Å². The van der Waals surface area contributed by atoms with Crippen molar-refractivity contribution in [2.24, 2.45) is 5.41 Å². The third-order valence-corrected chi connectivity index (χ3v) is 9.17. The molecule has 0 saturated carbocycles. The highest BCUT2D eigenvalue weighted by Crippen LogP contribution is 2.44. The molecule has 5 heteroatoms. The second-order valence-electron chi connectivity index (χ2n) is 8.36. The number of hydrogen-bond donors (Lipinski definition) is 1. The molecule has 0 radical (unpaired) electrons. The number of anilines is 2. The Balaban J connectivity index is 2.36. The molecule has 0 unspecified atom stereocenters. The molecule has 2 N–H and O–H groups in total. The van der Waals surface area contributed by atoms with Crippen molar-refractivity contribution in [2.45, 2.75) is 52.8 Å². The van der Waals surface area contributed by atoms with Crippen LogP contribution in [0.15, 0.2) is 18.2 Å². The molecule has 0 atom stereocenters. The van der Waals surface area contributed by atoms with Crippen LogP contribution in [0.4, 0.5) is 11.4 Å². The predicted octanol–water partition coefficient (Wildman–Crippen LogP) is 4.03. The van der Waals surface area contributed by atoms with Gasteiger partial charge in [-0.15, -0.1) is 0 Å². The van der Waals surface area contributed by atoms with Gasteiger partial charge in [0.05, 0.1) is 11.1 Å². The van der Waals surface area contributed by atoms with Crippen molar-refractivity contribution in [3.63, 3.8) is 0 Å². The van der Waals surface area contributed by atoms with Crippen LogP contribution in [0.5, 0.6) is 5.75 Å². The monoisotopic (exact) mass is 320 g/mol. The van der Waals surface area contributed by atoms with Crippen molar-refractivity contribution in [2.75, 3.05) is 17.2 Å². The van der Waals surface area contributed by atoms with Crippen LogP contribution in [0.2, 0.25) is 18.1 Å². The van der Waals surface area contributed by atoms with Gasteiger partial charge in [0.15, 0.2) is 0 Å². The second kappa shape index (κ2) is 5.01. The van der Waals surface area contributed by atoms with Crippen LogP contribution in [0.3, 0.4) is 0 Å². The molecule has 4 nitrogen and oxygen atoms in total. The summed E-state index contributed by atoms with van der Waals surface area (Å²) >= 11 is 0. The lowest BCUT2D eigenvalue weighted by atomic mass is 9.82. The summed E-state index contributed by atoms with van der Waals surface area (Å²) in [5, 5.41) is 0.101. The summed E-state index contributed by atoms with van der Waals surface area (Å²) in [5.74, 6) is 0.892. The molecule has 1 heterocycles. The molecule has 0 bridgehead atoms. The summed E-state index contributed by atoms with van der Waals surface area (Å²) in [5.41, 5.74) is 7.08. The Morgan fingerprint density at radius 3 is 2.32 bits per heavy atom. The van der Waals surface area contributed by atoms with Gasteiger partial charge in [-0.2, -0.15) is 0 Å². The van der Waals surface area contributed by atoms with Crippen molar-refractivity contribution < 1.29 is 9.22 Å². The van der Waals surface area contributed by atoms with E-state index in [1.54, 1.807) is 4.90 Å². The highest BCUT2D eigenvalue weighted by Gasteiger charge is 2.46.